The Morgan fingerprint density at radius 3 is 2.89 bits per heavy atom. The molecular formula is C13H20BrN3O. The van der Waals surface area contributed by atoms with E-state index in [9.17, 15) is 0 Å². The van der Waals surface area contributed by atoms with Crippen molar-refractivity contribution in [2.75, 3.05) is 23.3 Å². The number of rotatable bonds is 2. The van der Waals surface area contributed by atoms with E-state index in [0.29, 0.717) is 0 Å². The van der Waals surface area contributed by atoms with Crippen molar-refractivity contribution in [3.05, 3.63) is 17.6 Å². The van der Waals surface area contributed by atoms with Gasteiger partial charge in [0.15, 0.2) is 5.82 Å². The maximum atomic E-state index is 6.01. The van der Waals surface area contributed by atoms with Gasteiger partial charge in [-0.25, -0.2) is 4.98 Å². The summed E-state index contributed by atoms with van der Waals surface area (Å²) >= 11 is 3.51. The van der Waals surface area contributed by atoms with Crippen LogP contribution in [-0.2, 0) is 4.74 Å². The minimum absolute atomic E-state index is 0.158. The molecule has 1 aliphatic rings. The molecule has 0 aromatic carbocycles. The molecule has 5 heteroatoms. The van der Waals surface area contributed by atoms with Gasteiger partial charge in [0.05, 0.1) is 23.1 Å². The number of hydrogen-bond donors (Lipinski definition) is 0. The minimum Gasteiger partial charge on any atom is -0.368 e. The van der Waals surface area contributed by atoms with Crippen LogP contribution < -0.4 is 4.90 Å². The highest BCUT2D eigenvalue weighted by atomic mass is 79.9. The molecule has 1 atom stereocenters. The summed E-state index contributed by atoms with van der Waals surface area (Å²) in [6.45, 7) is 9.92. The Morgan fingerprint density at radius 2 is 2.22 bits per heavy atom. The van der Waals surface area contributed by atoms with Crippen LogP contribution in [0, 0.1) is 13.8 Å². The average molecular weight is 314 g/mol. The van der Waals surface area contributed by atoms with Gasteiger partial charge in [0.1, 0.15) is 0 Å². The molecular weight excluding hydrogens is 294 g/mol. The van der Waals surface area contributed by atoms with Gasteiger partial charge in [0, 0.05) is 24.6 Å². The molecule has 0 radical (unpaired) electrons. The Labute approximate surface area is 117 Å². The second-order valence-electron chi connectivity index (χ2n) is 5.45. The third-order valence-corrected chi connectivity index (χ3v) is 3.73. The van der Waals surface area contributed by atoms with E-state index < -0.39 is 0 Å². The van der Waals surface area contributed by atoms with Gasteiger partial charge in [0.25, 0.3) is 0 Å². The molecule has 0 N–H and O–H groups in total. The average Bonchev–Trinajstić information content (AvgIpc) is 2.30. The fourth-order valence-electron chi connectivity index (χ4n) is 2.36. The topological polar surface area (TPSA) is 38.2 Å². The third kappa shape index (κ3) is 3.01. The maximum absolute atomic E-state index is 6.01. The Balaban J connectivity index is 2.29. The highest BCUT2D eigenvalue weighted by Crippen LogP contribution is 2.27. The summed E-state index contributed by atoms with van der Waals surface area (Å²) in [7, 11) is 0. The lowest BCUT2D eigenvalue weighted by molar-refractivity contribution is -0.0726. The van der Waals surface area contributed by atoms with E-state index in [1.807, 2.05) is 20.0 Å². The lowest BCUT2D eigenvalue weighted by Gasteiger charge is -2.43. The molecule has 2 rings (SSSR count). The van der Waals surface area contributed by atoms with Gasteiger partial charge in [-0.1, -0.05) is 15.9 Å². The summed E-state index contributed by atoms with van der Waals surface area (Å²) in [5.74, 6) is 0.984. The third-order valence-electron chi connectivity index (χ3n) is 3.00. The smallest absolute Gasteiger partial charge is 0.150 e. The lowest BCUT2D eigenvalue weighted by atomic mass is 10.1. The van der Waals surface area contributed by atoms with Crippen molar-refractivity contribution in [2.45, 2.75) is 39.4 Å². The van der Waals surface area contributed by atoms with E-state index in [2.05, 4.69) is 44.6 Å². The summed E-state index contributed by atoms with van der Waals surface area (Å²) in [5.41, 5.74) is 1.77. The van der Waals surface area contributed by atoms with Gasteiger partial charge in [-0.05, 0) is 27.7 Å². The van der Waals surface area contributed by atoms with Crippen LogP contribution >= 0.6 is 15.9 Å². The van der Waals surface area contributed by atoms with Crippen molar-refractivity contribution in [1.29, 1.82) is 0 Å². The van der Waals surface area contributed by atoms with Gasteiger partial charge < -0.3 is 9.64 Å². The number of morpholine rings is 1. The molecule has 0 bridgehead atoms. The van der Waals surface area contributed by atoms with E-state index >= 15 is 0 Å². The zero-order valence-corrected chi connectivity index (χ0v) is 13.0. The molecule has 1 aromatic heterocycles. The van der Waals surface area contributed by atoms with Crippen LogP contribution in [0.25, 0.3) is 0 Å². The fraction of sp³-hybridized carbons (Fsp3) is 0.692. The Bertz CT molecular complexity index is 436. The summed E-state index contributed by atoms with van der Waals surface area (Å²) in [6.07, 6.45) is 2.00. The Morgan fingerprint density at radius 1 is 1.50 bits per heavy atom. The van der Waals surface area contributed by atoms with Crippen LogP contribution in [0.3, 0.4) is 0 Å². The van der Waals surface area contributed by atoms with Crippen molar-refractivity contribution < 1.29 is 4.74 Å². The number of aromatic nitrogens is 2. The number of nitrogens with zero attached hydrogens (tertiary/aromatic N) is 3. The van der Waals surface area contributed by atoms with E-state index in [1.165, 1.54) is 0 Å². The van der Waals surface area contributed by atoms with Gasteiger partial charge in [-0.3, -0.25) is 4.98 Å². The highest BCUT2D eigenvalue weighted by molar-refractivity contribution is 9.09. The second-order valence-corrected chi connectivity index (χ2v) is 6.10. The number of anilines is 1. The van der Waals surface area contributed by atoms with Crippen molar-refractivity contribution in [3.63, 3.8) is 0 Å². The van der Waals surface area contributed by atoms with Crippen molar-refractivity contribution >= 4 is 21.7 Å². The molecule has 0 spiro atoms. The van der Waals surface area contributed by atoms with Crippen LogP contribution in [0.2, 0.25) is 0 Å². The highest BCUT2D eigenvalue weighted by Gasteiger charge is 2.34. The molecule has 2 heterocycles. The SMILES string of the molecule is Cc1cnc(C)c(N2CC(CBr)OC(C)(C)C2)n1. The minimum atomic E-state index is -0.158. The summed E-state index contributed by atoms with van der Waals surface area (Å²) in [5, 5.41) is 0.839. The first-order valence-electron chi connectivity index (χ1n) is 6.20. The first kappa shape index (κ1) is 13.7. The molecule has 1 fully saturated rings. The second kappa shape index (κ2) is 5.13. The quantitative estimate of drug-likeness (QED) is 0.786. The molecule has 1 aromatic rings. The number of halogens is 1. The van der Waals surface area contributed by atoms with Gasteiger partial charge in [-0.2, -0.15) is 0 Å². The zero-order valence-electron chi connectivity index (χ0n) is 11.4. The van der Waals surface area contributed by atoms with Crippen LogP contribution in [0.5, 0.6) is 0 Å². The predicted molar refractivity (Wildman–Crippen MR) is 76.5 cm³/mol. The lowest BCUT2D eigenvalue weighted by Crippen LogP contribution is -2.54. The number of ether oxygens (including phenoxy) is 1. The molecule has 0 aliphatic carbocycles. The summed E-state index contributed by atoms with van der Waals surface area (Å²) < 4.78 is 6.01. The van der Waals surface area contributed by atoms with Gasteiger partial charge in [0.2, 0.25) is 0 Å². The van der Waals surface area contributed by atoms with Crippen molar-refractivity contribution in [1.82, 2.24) is 9.97 Å². The normalized spacial score (nSPS) is 23.2. The van der Waals surface area contributed by atoms with E-state index in [4.69, 9.17) is 4.74 Å². The Hall–Kier alpha value is -0.680. The fourth-order valence-corrected chi connectivity index (χ4v) is 2.70. The molecule has 1 aliphatic heterocycles. The van der Waals surface area contributed by atoms with Gasteiger partial charge >= 0.3 is 0 Å². The largest absolute Gasteiger partial charge is 0.368 e. The van der Waals surface area contributed by atoms with Crippen molar-refractivity contribution in [2.24, 2.45) is 0 Å². The molecule has 0 saturated carbocycles. The number of hydrogen-bond acceptors (Lipinski definition) is 4. The van der Waals surface area contributed by atoms with Gasteiger partial charge in [-0.15, -0.1) is 0 Å². The first-order chi connectivity index (χ1) is 8.41. The van der Waals surface area contributed by atoms with Crippen molar-refractivity contribution in [3.8, 4) is 0 Å². The maximum Gasteiger partial charge on any atom is 0.150 e. The summed E-state index contributed by atoms with van der Waals surface area (Å²) in [6, 6.07) is 0. The molecule has 18 heavy (non-hydrogen) atoms. The van der Waals surface area contributed by atoms with E-state index in [-0.39, 0.29) is 11.7 Å². The molecule has 1 unspecified atom stereocenters. The van der Waals surface area contributed by atoms with Crippen LogP contribution in [0.15, 0.2) is 6.20 Å². The van der Waals surface area contributed by atoms with E-state index in [0.717, 1.165) is 35.6 Å². The molecule has 1 saturated heterocycles. The number of aryl methyl sites for hydroxylation is 2. The molecule has 100 valence electrons. The molecule has 4 nitrogen and oxygen atoms in total. The Kier molecular flexibility index (Phi) is 3.92. The monoisotopic (exact) mass is 313 g/mol. The zero-order chi connectivity index (χ0) is 13.3. The predicted octanol–water partition coefficient (Wildman–Crippen LogP) is 2.47. The summed E-state index contributed by atoms with van der Waals surface area (Å²) in [4.78, 5) is 11.3. The standard InChI is InChI=1S/C13H20BrN3O/c1-9-6-15-10(2)12(16-9)17-7-11(5-14)18-13(3,4)8-17/h6,11H,5,7-8H2,1-4H3. The van der Waals surface area contributed by atoms with Crippen LogP contribution in [-0.4, -0.2) is 40.1 Å². The first-order valence-corrected chi connectivity index (χ1v) is 7.32. The van der Waals surface area contributed by atoms with Crippen LogP contribution in [0.4, 0.5) is 5.82 Å². The molecule has 0 amide bonds. The number of alkyl halides is 1. The van der Waals surface area contributed by atoms with Crippen LogP contribution in [0.1, 0.15) is 25.2 Å². The van der Waals surface area contributed by atoms with E-state index in [1.54, 1.807) is 0 Å².